The second-order valence-corrected chi connectivity index (χ2v) is 7.68. The van der Waals surface area contributed by atoms with Gasteiger partial charge in [-0.15, -0.1) is 0 Å². The molecule has 0 spiro atoms. The molecule has 1 aliphatic carbocycles. The summed E-state index contributed by atoms with van der Waals surface area (Å²) >= 11 is 0. The number of hydrogen-bond acceptors (Lipinski definition) is 7. The summed E-state index contributed by atoms with van der Waals surface area (Å²) in [6.45, 7) is 3.65. The van der Waals surface area contributed by atoms with Crippen LogP contribution in [0.15, 0.2) is 18.2 Å². The van der Waals surface area contributed by atoms with E-state index in [0.29, 0.717) is 61.3 Å². The zero-order valence-electron chi connectivity index (χ0n) is 18.1. The van der Waals surface area contributed by atoms with E-state index in [-0.39, 0.29) is 18.1 Å². The number of carbonyl (C=O) groups excluding carboxylic acids is 1. The van der Waals surface area contributed by atoms with Crippen LogP contribution in [0, 0.1) is 0 Å². The van der Waals surface area contributed by atoms with Crippen molar-refractivity contribution < 1.29 is 14.6 Å². The number of aromatic nitrogens is 2. The van der Waals surface area contributed by atoms with Gasteiger partial charge < -0.3 is 31.5 Å². The maximum atomic E-state index is 13.0. The standard InChI is InChI=1S/C21H31BN6O3/c1-3-24-20(30)18-19(25-9-8-23)27-21(26-14-5-6-15(29)11-14)28(18)12-13-4-7-17(31-2)16(22)10-13/h4,7,10,14-15,25,29H,3,5-6,8-9,11-12,23H2,1-2H3,(H,24,30)(H,26,27)/t14-,15+/m1/s1. The Hall–Kier alpha value is -2.72. The maximum Gasteiger partial charge on any atom is 0.271 e. The lowest BCUT2D eigenvalue weighted by atomic mass is 9.93. The van der Waals surface area contributed by atoms with Gasteiger partial charge in [-0.25, -0.2) is 0 Å². The first-order chi connectivity index (χ1) is 15.0. The fourth-order valence-electron chi connectivity index (χ4n) is 3.84. The van der Waals surface area contributed by atoms with Crippen molar-refractivity contribution in [2.75, 3.05) is 37.4 Å². The van der Waals surface area contributed by atoms with E-state index in [1.165, 1.54) is 0 Å². The monoisotopic (exact) mass is 426 g/mol. The summed E-state index contributed by atoms with van der Waals surface area (Å²) in [7, 11) is 7.66. The predicted molar refractivity (Wildman–Crippen MR) is 123 cm³/mol. The number of anilines is 2. The van der Waals surface area contributed by atoms with Crippen LogP contribution in [-0.4, -0.2) is 67.3 Å². The lowest BCUT2D eigenvalue weighted by Crippen LogP contribution is -2.28. The van der Waals surface area contributed by atoms with Gasteiger partial charge in [0, 0.05) is 25.7 Å². The minimum atomic E-state index is -0.319. The number of rotatable bonds is 10. The summed E-state index contributed by atoms with van der Waals surface area (Å²) in [5.41, 5.74) is 7.50. The SMILES string of the molecule is [B]c1cc(Cn2c(N[C@@H]3CC[C@H](O)C3)nc(NCCN)c2C(=O)NCC)ccc1OC. The molecule has 1 aromatic heterocycles. The predicted octanol–water partition coefficient (Wildman–Crippen LogP) is 0.179. The highest BCUT2D eigenvalue weighted by Crippen LogP contribution is 2.27. The van der Waals surface area contributed by atoms with Crippen LogP contribution in [0.1, 0.15) is 42.2 Å². The van der Waals surface area contributed by atoms with Gasteiger partial charge in [0.2, 0.25) is 5.95 Å². The van der Waals surface area contributed by atoms with Crippen molar-refractivity contribution in [2.24, 2.45) is 5.73 Å². The molecule has 1 fully saturated rings. The van der Waals surface area contributed by atoms with Crippen molar-refractivity contribution >= 4 is 31.0 Å². The van der Waals surface area contributed by atoms with Gasteiger partial charge in [0.05, 0.1) is 19.8 Å². The van der Waals surface area contributed by atoms with Crippen LogP contribution in [0.4, 0.5) is 11.8 Å². The molecule has 6 N–H and O–H groups in total. The molecule has 2 aromatic rings. The zero-order chi connectivity index (χ0) is 22.4. The minimum Gasteiger partial charge on any atom is -0.497 e. The summed E-state index contributed by atoms with van der Waals surface area (Å²) in [6, 6.07) is 5.63. The van der Waals surface area contributed by atoms with Crippen LogP contribution in [0.3, 0.4) is 0 Å². The Morgan fingerprint density at radius 2 is 2.23 bits per heavy atom. The van der Waals surface area contributed by atoms with Crippen molar-refractivity contribution in [1.82, 2.24) is 14.9 Å². The molecule has 1 heterocycles. The number of amides is 1. The molecular formula is C21H31BN6O3. The van der Waals surface area contributed by atoms with Gasteiger partial charge in [0.15, 0.2) is 11.5 Å². The molecule has 1 amide bonds. The molecule has 1 aliphatic rings. The summed E-state index contributed by atoms with van der Waals surface area (Å²) in [4.78, 5) is 17.6. The lowest BCUT2D eigenvalue weighted by molar-refractivity contribution is 0.0948. The average molecular weight is 426 g/mol. The Morgan fingerprint density at radius 1 is 1.42 bits per heavy atom. The van der Waals surface area contributed by atoms with Gasteiger partial charge in [0.1, 0.15) is 13.6 Å². The van der Waals surface area contributed by atoms with E-state index in [9.17, 15) is 9.90 Å². The first kappa shape index (κ1) is 23.0. The Morgan fingerprint density at radius 3 is 2.84 bits per heavy atom. The third-order valence-corrected chi connectivity index (χ3v) is 5.33. The molecular weight excluding hydrogens is 395 g/mol. The zero-order valence-corrected chi connectivity index (χ0v) is 18.1. The lowest BCUT2D eigenvalue weighted by Gasteiger charge is -2.17. The highest BCUT2D eigenvalue weighted by molar-refractivity contribution is 6.34. The molecule has 0 bridgehead atoms. The summed E-state index contributed by atoms with van der Waals surface area (Å²) in [6.07, 6.45) is 1.91. The van der Waals surface area contributed by atoms with E-state index < -0.39 is 0 Å². The molecule has 9 nitrogen and oxygen atoms in total. The number of hydrogen-bond donors (Lipinski definition) is 5. The molecule has 0 saturated heterocycles. The number of nitrogens with two attached hydrogens (primary N) is 1. The topological polar surface area (TPSA) is 126 Å². The molecule has 10 heteroatoms. The van der Waals surface area contributed by atoms with Crippen molar-refractivity contribution in [3.63, 3.8) is 0 Å². The van der Waals surface area contributed by atoms with E-state index in [4.69, 9.17) is 18.3 Å². The van der Waals surface area contributed by atoms with Crippen molar-refractivity contribution in [1.29, 1.82) is 0 Å². The van der Waals surface area contributed by atoms with Gasteiger partial charge in [0.25, 0.3) is 5.91 Å². The molecule has 3 rings (SSSR count). The normalized spacial score (nSPS) is 18.1. The first-order valence-corrected chi connectivity index (χ1v) is 10.7. The Labute approximate surface area is 184 Å². The number of ether oxygens (including phenoxy) is 1. The van der Waals surface area contributed by atoms with Gasteiger partial charge in [-0.05, 0) is 37.8 Å². The number of aliphatic hydroxyl groups is 1. The van der Waals surface area contributed by atoms with E-state index in [1.807, 2.05) is 23.6 Å². The number of aliphatic hydroxyl groups excluding tert-OH is 1. The summed E-state index contributed by atoms with van der Waals surface area (Å²) in [5.74, 6) is 1.41. The molecule has 31 heavy (non-hydrogen) atoms. The molecule has 166 valence electrons. The van der Waals surface area contributed by atoms with Gasteiger partial charge in [-0.2, -0.15) is 4.98 Å². The number of carbonyl (C=O) groups is 1. The number of nitrogens with one attached hydrogen (secondary N) is 3. The third-order valence-electron chi connectivity index (χ3n) is 5.33. The fourth-order valence-corrected chi connectivity index (χ4v) is 3.84. The highest BCUT2D eigenvalue weighted by Gasteiger charge is 2.28. The van der Waals surface area contributed by atoms with Gasteiger partial charge in [-0.1, -0.05) is 17.6 Å². The van der Waals surface area contributed by atoms with Crippen LogP contribution in [0.5, 0.6) is 5.75 Å². The Balaban J connectivity index is 2.01. The van der Waals surface area contributed by atoms with Crippen molar-refractivity contribution in [3.8, 4) is 5.75 Å². The molecule has 1 aromatic carbocycles. The van der Waals surface area contributed by atoms with E-state index in [1.54, 1.807) is 13.2 Å². The van der Waals surface area contributed by atoms with Crippen LogP contribution in [-0.2, 0) is 6.54 Å². The van der Waals surface area contributed by atoms with E-state index >= 15 is 0 Å². The Kier molecular flexibility index (Phi) is 7.81. The molecule has 1 saturated carbocycles. The second-order valence-electron chi connectivity index (χ2n) is 7.68. The van der Waals surface area contributed by atoms with Crippen LogP contribution < -0.4 is 31.9 Å². The van der Waals surface area contributed by atoms with Crippen LogP contribution in [0.2, 0.25) is 0 Å². The van der Waals surface area contributed by atoms with Crippen molar-refractivity contribution in [2.45, 2.75) is 44.9 Å². The van der Waals surface area contributed by atoms with Crippen LogP contribution in [0.25, 0.3) is 0 Å². The minimum absolute atomic E-state index is 0.0848. The van der Waals surface area contributed by atoms with E-state index in [0.717, 1.165) is 18.4 Å². The van der Waals surface area contributed by atoms with Gasteiger partial charge in [-0.3, -0.25) is 9.36 Å². The number of imidazole rings is 1. The number of nitrogens with zero attached hydrogens (tertiary/aromatic N) is 2. The molecule has 0 aliphatic heterocycles. The quantitative estimate of drug-likeness (QED) is 0.343. The highest BCUT2D eigenvalue weighted by atomic mass is 16.5. The smallest absolute Gasteiger partial charge is 0.271 e. The molecule has 0 unspecified atom stereocenters. The summed E-state index contributed by atoms with van der Waals surface area (Å²) < 4.78 is 7.09. The fraction of sp³-hybridized carbons (Fsp3) is 0.524. The largest absolute Gasteiger partial charge is 0.497 e. The Bertz CT molecular complexity index is 903. The van der Waals surface area contributed by atoms with E-state index in [2.05, 4.69) is 20.9 Å². The average Bonchev–Trinajstić information content (AvgIpc) is 3.30. The van der Waals surface area contributed by atoms with Crippen LogP contribution >= 0.6 is 0 Å². The molecule has 2 radical (unpaired) electrons. The maximum absolute atomic E-state index is 13.0. The number of methoxy groups -OCH3 is 1. The first-order valence-electron chi connectivity index (χ1n) is 10.7. The molecule has 2 atom stereocenters. The third kappa shape index (κ3) is 5.51. The van der Waals surface area contributed by atoms with Crippen molar-refractivity contribution in [3.05, 3.63) is 29.5 Å². The number of benzene rings is 1. The summed E-state index contributed by atoms with van der Waals surface area (Å²) in [5, 5.41) is 19.4. The van der Waals surface area contributed by atoms with Gasteiger partial charge >= 0.3 is 0 Å². The second kappa shape index (κ2) is 10.5.